The van der Waals surface area contributed by atoms with Crippen molar-refractivity contribution in [2.24, 2.45) is 14.1 Å². The predicted molar refractivity (Wildman–Crippen MR) is 110 cm³/mol. The smallest absolute Gasteiger partial charge is 0.332 e. The molecule has 1 amide bonds. The van der Waals surface area contributed by atoms with Gasteiger partial charge in [0, 0.05) is 36.3 Å². The summed E-state index contributed by atoms with van der Waals surface area (Å²) in [7, 11) is 2.86. The van der Waals surface area contributed by atoms with Gasteiger partial charge in [0.2, 0.25) is 11.2 Å². The molecule has 0 atom stereocenters. The Balaban J connectivity index is 1.68. The Kier molecular flexibility index (Phi) is 6.17. The van der Waals surface area contributed by atoms with Gasteiger partial charge in [-0.1, -0.05) is 11.6 Å². The average Bonchev–Trinajstić information content (AvgIpc) is 2.99. The van der Waals surface area contributed by atoms with Crippen LogP contribution in [0.25, 0.3) is 11.2 Å². The van der Waals surface area contributed by atoms with Crippen molar-refractivity contribution in [2.45, 2.75) is 11.4 Å². The molecule has 11 heteroatoms. The summed E-state index contributed by atoms with van der Waals surface area (Å²) in [4.78, 5) is 41.8. The van der Waals surface area contributed by atoms with E-state index in [0.29, 0.717) is 17.3 Å². The molecule has 0 aliphatic carbocycles. The Bertz CT molecular complexity index is 1150. The Hall–Kier alpha value is -2.23. The average molecular weight is 442 g/mol. The normalized spacial score (nSPS) is 11.1. The van der Waals surface area contributed by atoms with E-state index in [1.54, 1.807) is 11.8 Å². The molecular weight excluding hydrogens is 425 g/mol. The number of hydrogen-bond donors (Lipinski definition) is 1. The number of fused-ring (bicyclic) bond motifs is 1. The number of benzene rings is 1. The van der Waals surface area contributed by atoms with Crippen LogP contribution >= 0.6 is 35.0 Å². The summed E-state index contributed by atoms with van der Waals surface area (Å²) < 4.78 is 3.48. The van der Waals surface area contributed by atoms with Gasteiger partial charge >= 0.3 is 5.69 Å². The van der Waals surface area contributed by atoms with Crippen LogP contribution in [0.2, 0.25) is 10.3 Å². The fourth-order valence-electron chi connectivity index (χ4n) is 2.65. The number of aryl methyl sites for hydroxylation is 1. The molecule has 28 heavy (non-hydrogen) atoms. The van der Waals surface area contributed by atoms with Gasteiger partial charge in [-0.05, 0) is 35.9 Å². The number of hydrogen-bond acceptors (Lipinski definition) is 5. The molecule has 3 rings (SSSR count). The summed E-state index contributed by atoms with van der Waals surface area (Å²) in [5, 5.41) is 3.43. The maximum atomic E-state index is 12.4. The number of amides is 1. The van der Waals surface area contributed by atoms with E-state index in [-0.39, 0.29) is 28.9 Å². The molecule has 0 saturated carbocycles. The molecular formula is C17H17Cl2N5O3S. The lowest BCUT2D eigenvalue weighted by Gasteiger charge is -2.08. The van der Waals surface area contributed by atoms with Crippen molar-refractivity contribution in [2.75, 3.05) is 12.3 Å². The molecule has 1 aromatic carbocycles. The lowest BCUT2D eigenvalue weighted by Crippen LogP contribution is -2.38. The fourth-order valence-corrected chi connectivity index (χ4v) is 3.77. The number of nitrogens with one attached hydrogen (secondary N) is 1. The van der Waals surface area contributed by atoms with Gasteiger partial charge in [-0.15, -0.1) is 11.8 Å². The highest BCUT2D eigenvalue weighted by Crippen LogP contribution is 2.19. The number of rotatable bonds is 6. The van der Waals surface area contributed by atoms with Crippen LogP contribution in [-0.4, -0.2) is 36.9 Å². The van der Waals surface area contributed by atoms with Crippen LogP contribution in [-0.2, 0) is 25.4 Å². The highest BCUT2D eigenvalue weighted by molar-refractivity contribution is 7.99. The standard InChI is InChI=1S/C17H17Cl2N5O3S/c1-22-14-13(15(26)23(2)17(22)27)24(16(19)21-14)9-12(25)20-7-8-28-11-5-3-10(18)4-6-11/h3-6H,7-9H2,1-2H3,(H,20,25). The van der Waals surface area contributed by atoms with Crippen LogP contribution in [0.3, 0.4) is 0 Å². The zero-order valence-electron chi connectivity index (χ0n) is 15.1. The number of nitrogens with zero attached hydrogens (tertiary/aromatic N) is 4. The Morgan fingerprint density at radius 1 is 1.14 bits per heavy atom. The molecule has 8 nitrogen and oxygen atoms in total. The first kappa shape index (κ1) is 20.5. The number of halogens is 2. The van der Waals surface area contributed by atoms with Gasteiger partial charge in [0.25, 0.3) is 5.56 Å². The number of carbonyl (C=O) groups excluding carboxylic acids is 1. The van der Waals surface area contributed by atoms with Gasteiger partial charge in [-0.3, -0.25) is 23.3 Å². The molecule has 0 saturated heterocycles. The molecule has 0 spiro atoms. The maximum absolute atomic E-state index is 12.4. The summed E-state index contributed by atoms with van der Waals surface area (Å²) in [6.45, 7) is 0.265. The topological polar surface area (TPSA) is 90.9 Å². The van der Waals surface area contributed by atoms with Gasteiger partial charge < -0.3 is 5.32 Å². The molecule has 2 aromatic heterocycles. The van der Waals surface area contributed by atoms with Crippen LogP contribution in [0.1, 0.15) is 0 Å². The minimum absolute atomic E-state index is 0.0287. The molecule has 3 aromatic rings. The molecule has 148 valence electrons. The predicted octanol–water partition coefficient (Wildman–Crippen LogP) is 1.65. The second-order valence-electron chi connectivity index (χ2n) is 6.00. The van der Waals surface area contributed by atoms with Crippen molar-refractivity contribution in [1.29, 1.82) is 0 Å². The highest BCUT2D eigenvalue weighted by Gasteiger charge is 2.19. The lowest BCUT2D eigenvalue weighted by atomic mass is 10.4. The minimum atomic E-state index is -0.552. The molecule has 0 bridgehead atoms. The van der Waals surface area contributed by atoms with Crippen LogP contribution < -0.4 is 16.6 Å². The van der Waals surface area contributed by atoms with E-state index in [2.05, 4.69) is 10.3 Å². The number of carbonyl (C=O) groups is 1. The van der Waals surface area contributed by atoms with E-state index in [1.807, 2.05) is 24.3 Å². The van der Waals surface area contributed by atoms with Crippen molar-refractivity contribution in [3.8, 4) is 0 Å². The molecule has 2 heterocycles. The van der Waals surface area contributed by atoms with Gasteiger partial charge in [0.1, 0.15) is 6.54 Å². The van der Waals surface area contributed by atoms with Crippen molar-refractivity contribution < 1.29 is 4.79 Å². The second kappa shape index (κ2) is 8.42. The second-order valence-corrected chi connectivity index (χ2v) is 7.94. The summed E-state index contributed by atoms with van der Waals surface area (Å²) in [6, 6.07) is 7.43. The zero-order chi connectivity index (χ0) is 20.4. The van der Waals surface area contributed by atoms with Gasteiger partial charge in [-0.2, -0.15) is 4.98 Å². The first-order chi connectivity index (χ1) is 13.3. The van der Waals surface area contributed by atoms with Crippen molar-refractivity contribution in [3.05, 3.63) is 55.4 Å². The molecule has 0 aliphatic rings. The third-order valence-corrected chi connectivity index (χ3v) is 5.66. The van der Waals surface area contributed by atoms with E-state index in [4.69, 9.17) is 23.2 Å². The van der Waals surface area contributed by atoms with E-state index in [0.717, 1.165) is 9.46 Å². The van der Waals surface area contributed by atoms with Crippen LogP contribution in [0.15, 0.2) is 38.8 Å². The fraction of sp³-hybridized carbons (Fsp3) is 0.294. The van der Waals surface area contributed by atoms with Gasteiger partial charge in [0.05, 0.1) is 0 Å². The van der Waals surface area contributed by atoms with Crippen LogP contribution in [0.4, 0.5) is 0 Å². The van der Waals surface area contributed by atoms with Gasteiger partial charge in [-0.25, -0.2) is 4.79 Å². The molecule has 0 fully saturated rings. The Morgan fingerprint density at radius 3 is 2.50 bits per heavy atom. The van der Waals surface area contributed by atoms with Gasteiger partial charge in [0.15, 0.2) is 11.2 Å². The first-order valence-electron chi connectivity index (χ1n) is 8.26. The summed E-state index contributed by atoms with van der Waals surface area (Å²) >= 11 is 13.5. The Labute approximate surface area is 174 Å². The summed E-state index contributed by atoms with van der Waals surface area (Å²) in [6.07, 6.45) is 0. The van der Waals surface area contributed by atoms with E-state index in [9.17, 15) is 14.4 Å². The van der Waals surface area contributed by atoms with E-state index < -0.39 is 11.2 Å². The minimum Gasteiger partial charge on any atom is -0.354 e. The molecule has 0 radical (unpaired) electrons. The highest BCUT2D eigenvalue weighted by atomic mass is 35.5. The van der Waals surface area contributed by atoms with Crippen LogP contribution in [0.5, 0.6) is 0 Å². The van der Waals surface area contributed by atoms with Crippen LogP contribution in [0, 0.1) is 0 Å². The largest absolute Gasteiger partial charge is 0.354 e. The number of thioether (sulfide) groups is 1. The third-order valence-electron chi connectivity index (χ3n) is 4.11. The molecule has 1 N–H and O–H groups in total. The zero-order valence-corrected chi connectivity index (χ0v) is 17.4. The monoisotopic (exact) mass is 441 g/mol. The Morgan fingerprint density at radius 2 is 1.82 bits per heavy atom. The van der Waals surface area contributed by atoms with Crippen molar-refractivity contribution in [1.82, 2.24) is 24.0 Å². The SMILES string of the molecule is Cn1c(=O)c2c(nc(Cl)n2CC(=O)NCCSc2ccc(Cl)cc2)n(C)c1=O. The summed E-state index contributed by atoms with van der Waals surface area (Å²) in [5.74, 6) is 0.357. The third kappa shape index (κ3) is 4.11. The quantitative estimate of drug-likeness (QED) is 0.356. The maximum Gasteiger partial charge on any atom is 0.332 e. The number of aromatic nitrogens is 4. The molecule has 0 aliphatic heterocycles. The molecule has 0 unspecified atom stereocenters. The summed E-state index contributed by atoms with van der Waals surface area (Å²) in [5.41, 5.74) is -0.810. The van der Waals surface area contributed by atoms with E-state index in [1.165, 1.54) is 23.2 Å². The van der Waals surface area contributed by atoms with Crippen molar-refractivity contribution >= 4 is 52.0 Å². The van der Waals surface area contributed by atoms with E-state index >= 15 is 0 Å². The first-order valence-corrected chi connectivity index (χ1v) is 10.0. The number of imidazole rings is 1. The lowest BCUT2D eigenvalue weighted by molar-refractivity contribution is -0.121. The van der Waals surface area contributed by atoms with Crippen molar-refractivity contribution in [3.63, 3.8) is 0 Å².